The van der Waals surface area contributed by atoms with Gasteiger partial charge >= 0.3 is 0 Å². The van der Waals surface area contributed by atoms with E-state index in [0.717, 1.165) is 23.9 Å². The summed E-state index contributed by atoms with van der Waals surface area (Å²) < 4.78 is 12.4. The molecule has 1 aliphatic rings. The Bertz CT molecular complexity index is 1500. The molecule has 0 bridgehead atoms. The minimum absolute atomic E-state index is 0.0566. The Balaban J connectivity index is 1.51. The maximum absolute atomic E-state index is 14.1. The van der Waals surface area contributed by atoms with E-state index in [1.807, 2.05) is 36.4 Å². The molecule has 2 unspecified atom stereocenters. The van der Waals surface area contributed by atoms with Crippen molar-refractivity contribution in [3.05, 3.63) is 84.7 Å². The highest BCUT2D eigenvalue weighted by molar-refractivity contribution is 5.98. The number of anilines is 1. The van der Waals surface area contributed by atoms with Crippen LogP contribution in [0.15, 0.2) is 79.1 Å². The van der Waals surface area contributed by atoms with Crippen LogP contribution in [-0.2, 0) is 22.7 Å². The number of hydrogen-bond donors (Lipinski definition) is 1. The van der Waals surface area contributed by atoms with Crippen molar-refractivity contribution in [3.8, 4) is 11.5 Å². The lowest BCUT2D eigenvalue weighted by Crippen LogP contribution is -2.52. The molecule has 1 N–H and O–H groups in total. The molecule has 2 amide bonds. The Morgan fingerprint density at radius 3 is 2.73 bits per heavy atom. The second kappa shape index (κ2) is 12.4. The summed E-state index contributed by atoms with van der Waals surface area (Å²) in [6.07, 6.45) is 9.89. The number of allylic oxidation sites excluding steroid dienone is 2. The quantitative estimate of drug-likeness (QED) is 0.300. The number of carbonyl (C=O) groups is 2. The number of fused-ring (bicyclic) bond motifs is 1. The smallest absolute Gasteiger partial charge is 0.247 e. The maximum Gasteiger partial charge on any atom is 0.247 e. The van der Waals surface area contributed by atoms with Crippen LogP contribution in [0.1, 0.15) is 24.8 Å². The van der Waals surface area contributed by atoms with Crippen LogP contribution in [0.4, 0.5) is 5.69 Å². The number of rotatable bonds is 10. The topological polar surface area (TPSA) is 111 Å². The molecular weight excluding hydrogens is 508 g/mol. The van der Waals surface area contributed by atoms with Crippen LogP contribution in [-0.4, -0.2) is 57.0 Å². The highest BCUT2D eigenvalue weighted by Crippen LogP contribution is 2.32. The van der Waals surface area contributed by atoms with Gasteiger partial charge in [0, 0.05) is 25.0 Å². The van der Waals surface area contributed by atoms with Gasteiger partial charge in [-0.3, -0.25) is 14.6 Å². The van der Waals surface area contributed by atoms with Crippen molar-refractivity contribution in [1.29, 1.82) is 0 Å². The zero-order valence-electron chi connectivity index (χ0n) is 22.6. The minimum Gasteiger partial charge on any atom is -0.497 e. The summed E-state index contributed by atoms with van der Waals surface area (Å²) in [5.41, 5.74) is 2.78. The van der Waals surface area contributed by atoms with Crippen molar-refractivity contribution >= 4 is 28.5 Å². The van der Waals surface area contributed by atoms with Gasteiger partial charge < -0.3 is 19.7 Å². The van der Waals surface area contributed by atoms with Crippen LogP contribution < -0.4 is 14.8 Å². The molecule has 4 aromatic rings. The number of amides is 2. The molecule has 0 radical (unpaired) electrons. The SMILES string of the molecule is COc1ccc(NC(=O)C(C2CC=CCC2)N(Cc2cccnc2)C(=O)Cn2nnc3ccccc32)c(OC)c1. The zero-order chi connectivity index (χ0) is 27.9. The van der Waals surface area contributed by atoms with Crippen LogP contribution in [0.25, 0.3) is 11.0 Å². The van der Waals surface area contributed by atoms with Crippen LogP contribution in [0.3, 0.4) is 0 Å². The van der Waals surface area contributed by atoms with Gasteiger partial charge in [-0.2, -0.15) is 0 Å². The number of pyridine rings is 1. The Morgan fingerprint density at radius 1 is 1.10 bits per heavy atom. The Kier molecular flexibility index (Phi) is 8.34. The predicted octanol–water partition coefficient (Wildman–Crippen LogP) is 4.24. The molecule has 2 aromatic heterocycles. The molecule has 0 spiro atoms. The average Bonchev–Trinajstić information content (AvgIpc) is 3.40. The lowest BCUT2D eigenvalue weighted by atomic mass is 9.85. The van der Waals surface area contributed by atoms with Crippen LogP contribution >= 0.6 is 0 Å². The fraction of sp³-hybridized carbons (Fsp3) is 0.300. The van der Waals surface area contributed by atoms with E-state index in [1.165, 1.54) is 7.11 Å². The third-order valence-corrected chi connectivity index (χ3v) is 7.13. The van der Waals surface area contributed by atoms with E-state index in [-0.39, 0.29) is 30.8 Å². The molecule has 5 rings (SSSR count). The first kappa shape index (κ1) is 26.9. The molecule has 2 heterocycles. The summed E-state index contributed by atoms with van der Waals surface area (Å²) in [5.74, 6) is 0.467. The monoisotopic (exact) mass is 540 g/mol. The van der Waals surface area contributed by atoms with E-state index in [4.69, 9.17) is 9.47 Å². The van der Waals surface area contributed by atoms with Gasteiger partial charge in [-0.05, 0) is 61.1 Å². The second-order valence-corrected chi connectivity index (χ2v) is 9.66. The first-order valence-corrected chi connectivity index (χ1v) is 13.2. The summed E-state index contributed by atoms with van der Waals surface area (Å²) >= 11 is 0. The standard InChI is InChI=1S/C30H32N6O4/c1-39-23-14-15-25(27(17-23)40-2)32-30(38)29(22-10-4-3-5-11-22)35(19-21-9-8-16-31-18-21)28(37)20-36-26-13-7-6-12-24(26)33-34-36/h3-4,6-9,12-18,22,29H,5,10-11,19-20H2,1-2H3,(H,32,38). The lowest BCUT2D eigenvalue weighted by molar-refractivity contribution is -0.142. The molecule has 40 heavy (non-hydrogen) atoms. The molecular formula is C30H32N6O4. The molecule has 1 aliphatic carbocycles. The number of ether oxygens (including phenoxy) is 2. The lowest BCUT2D eigenvalue weighted by Gasteiger charge is -2.37. The van der Waals surface area contributed by atoms with Gasteiger partial charge in [0.2, 0.25) is 11.8 Å². The van der Waals surface area contributed by atoms with E-state index in [2.05, 4.69) is 32.8 Å². The highest BCUT2D eigenvalue weighted by Gasteiger charge is 2.37. The molecule has 2 atom stereocenters. The number of methoxy groups -OCH3 is 2. The third kappa shape index (κ3) is 5.96. The van der Waals surface area contributed by atoms with Gasteiger partial charge in [0.15, 0.2) is 0 Å². The zero-order valence-corrected chi connectivity index (χ0v) is 22.6. The van der Waals surface area contributed by atoms with Crippen molar-refractivity contribution in [2.24, 2.45) is 5.92 Å². The first-order valence-electron chi connectivity index (χ1n) is 13.2. The largest absolute Gasteiger partial charge is 0.497 e. The third-order valence-electron chi connectivity index (χ3n) is 7.13. The summed E-state index contributed by atoms with van der Waals surface area (Å²) in [4.78, 5) is 34.1. The van der Waals surface area contributed by atoms with E-state index in [1.54, 1.807) is 47.3 Å². The van der Waals surface area contributed by atoms with E-state index >= 15 is 0 Å². The molecule has 0 saturated heterocycles. The Labute approximate surface area is 232 Å². The summed E-state index contributed by atoms with van der Waals surface area (Å²) in [6.45, 7) is 0.163. The van der Waals surface area contributed by atoms with Gasteiger partial charge in [0.25, 0.3) is 0 Å². The predicted molar refractivity (Wildman–Crippen MR) is 151 cm³/mol. The number of benzene rings is 2. The van der Waals surface area contributed by atoms with E-state index < -0.39 is 6.04 Å². The molecule has 10 nitrogen and oxygen atoms in total. The second-order valence-electron chi connectivity index (χ2n) is 9.66. The van der Waals surface area contributed by atoms with E-state index in [0.29, 0.717) is 29.1 Å². The van der Waals surface area contributed by atoms with Gasteiger partial charge in [0.05, 0.1) is 25.4 Å². The molecule has 206 valence electrons. The van der Waals surface area contributed by atoms with Crippen LogP contribution in [0.5, 0.6) is 11.5 Å². The van der Waals surface area contributed by atoms with Crippen molar-refractivity contribution in [1.82, 2.24) is 24.9 Å². The number of aromatic nitrogens is 4. The maximum atomic E-state index is 14.1. The summed E-state index contributed by atoms with van der Waals surface area (Å²) in [5, 5.41) is 11.4. The minimum atomic E-state index is -0.751. The molecule has 2 aromatic carbocycles. The molecule has 10 heteroatoms. The van der Waals surface area contributed by atoms with Crippen LogP contribution in [0.2, 0.25) is 0 Å². The highest BCUT2D eigenvalue weighted by atomic mass is 16.5. The van der Waals surface area contributed by atoms with Gasteiger partial charge in [-0.25, -0.2) is 4.68 Å². The van der Waals surface area contributed by atoms with Crippen molar-refractivity contribution in [2.75, 3.05) is 19.5 Å². The number of para-hydroxylation sites is 1. The fourth-order valence-electron chi connectivity index (χ4n) is 5.11. The van der Waals surface area contributed by atoms with Crippen molar-refractivity contribution in [3.63, 3.8) is 0 Å². The average molecular weight is 541 g/mol. The van der Waals surface area contributed by atoms with Gasteiger partial charge in [-0.1, -0.05) is 35.6 Å². The first-order chi connectivity index (χ1) is 19.6. The number of nitrogens with one attached hydrogen (secondary N) is 1. The number of carbonyl (C=O) groups excluding carboxylic acids is 2. The Morgan fingerprint density at radius 2 is 1.98 bits per heavy atom. The fourth-order valence-corrected chi connectivity index (χ4v) is 5.11. The summed E-state index contributed by atoms with van der Waals surface area (Å²) in [7, 11) is 3.11. The summed E-state index contributed by atoms with van der Waals surface area (Å²) in [6, 6.07) is 15.7. The van der Waals surface area contributed by atoms with Crippen LogP contribution in [0, 0.1) is 5.92 Å². The van der Waals surface area contributed by atoms with E-state index in [9.17, 15) is 9.59 Å². The normalized spacial score (nSPS) is 15.4. The molecule has 0 saturated carbocycles. The van der Waals surface area contributed by atoms with Gasteiger partial charge in [0.1, 0.15) is 29.6 Å². The van der Waals surface area contributed by atoms with Gasteiger partial charge in [-0.15, -0.1) is 5.10 Å². The molecule has 0 fully saturated rings. The number of nitrogens with zero attached hydrogens (tertiary/aromatic N) is 5. The molecule has 0 aliphatic heterocycles. The Hall–Kier alpha value is -4.73. The van der Waals surface area contributed by atoms with Crippen molar-refractivity contribution < 1.29 is 19.1 Å². The van der Waals surface area contributed by atoms with Crippen molar-refractivity contribution in [2.45, 2.75) is 38.4 Å². The number of hydrogen-bond acceptors (Lipinski definition) is 7.